The SMILES string of the molecule is NNC(c1ccc2cc(Br)ccc2c1)c1sccc1Cl. The molecule has 0 spiro atoms. The van der Waals surface area contributed by atoms with E-state index in [9.17, 15) is 0 Å². The second kappa shape index (κ2) is 5.84. The van der Waals surface area contributed by atoms with E-state index in [2.05, 4.69) is 51.7 Å². The second-order valence-electron chi connectivity index (χ2n) is 4.48. The van der Waals surface area contributed by atoms with Gasteiger partial charge in [-0.1, -0.05) is 45.7 Å². The van der Waals surface area contributed by atoms with Gasteiger partial charge in [-0.15, -0.1) is 11.3 Å². The molecule has 3 N–H and O–H groups in total. The molecule has 1 heterocycles. The van der Waals surface area contributed by atoms with E-state index in [1.807, 2.05) is 17.5 Å². The molecule has 1 aromatic heterocycles. The van der Waals surface area contributed by atoms with Crippen molar-refractivity contribution in [3.63, 3.8) is 0 Å². The van der Waals surface area contributed by atoms with Crippen molar-refractivity contribution in [1.82, 2.24) is 5.43 Å². The van der Waals surface area contributed by atoms with E-state index in [0.29, 0.717) is 0 Å². The molecule has 1 atom stereocenters. The predicted octanol–water partition coefficient (Wildman–Crippen LogP) is 4.87. The Kier molecular flexibility index (Phi) is 4.10. The van der Waals surface area contributed by atoms with E-state index in [1.54, 1.807) is 11.3 Å². The molecule has 0 saturated heterocycles. The van der Waals surface area contributed by atoms with Crippen molar-refractivity contribution < 1.29 is 0 Å². The zero-order valence-corrected chi connectivity index (χ0v) is 13.6. The number of nitrogens with one attached hydrogen (secondary N) is 1. The number of fused-ring (bicyclic) bond motifs is 1. The summed E-state index contributed by atoms with van der Waals surface area (Å²) in [7, 11) is 0. The van der Waals surface area contributed by atoms with Crippen LogP contribution in [-0.2, 0) is 0 Å². The van der Waals surface area contributed by atoms with Gasteiger partial charge < -0.3 is 0 Å². The van der Waals surface area contributed by atoms with Crippen molar-refractivity contribution in [2.75, 3.05) is 0 Å². The lowest BCUT2D eigenvalue weighted by molar-refractivity contribution is 0.647. The Balaban J connectivity index is 2.08. The third-order valence-corrected chi connectivity index (χ3v) is 5.15. The molecular formula is C15H12BrClN2S. The molecule has 2 aromatic carbocycles. The summed E-state index contributed by atoms with van der Waals surface area (Å²) in [4.78, 5) is 1.03. The van der Waals surface area contributed by atoms with Gasteiger partial charge >= 0.3 is 0 Å². The van der Waals surface area contributed by atoms with Gasteiger partial charge in [0, 0.05) is 9.35 Å². The topological polar surface area (TPSA) is 38.0 Å². The van der Waals surface area contributed by atoms with Crippen molar-refractivity contribution >= 4 is 49.6 Å². The molecule has 1 unspecified atom stereocenters. The standard InChI is InChI=1S/C15H12BrClN2S/c16-12-4-3-9-7-11(2-1-10(9)8-12)14(19-18)15-13(17)5-6-20-15/h1-8,14,19H,18H2. The Hall–Kier alpha value is -0.910. The third-order valence-electron chi connectivity index (χ3n) is 3.23. The highest BCUT2D eigenvalue weighted by Crippen LogP contribution is 2.33. The molecule has 0 amide bonds. The van der Waals surface area contributed by atoms with E-state index < -0.39 is 0 Å². The van der Waals surface area contributed by atoms with Gasteiger partial charge in [-0.05, 0) is 46.0 Å². The van der Waals surface area contributed by atoms with E-state index in [1.165, 1.54) is 10.8 Å². The van der Waals surface area contributed by atoms with E-state index >= 15 is 0 Å². The van der Waals surface area contributed by atoms with Crippen LogP contribution >= 0.6 is 38.9 Å². The highest BCUT2D eigenvalue weighted by Gasteiger charge is 2.17. The smallest absolute Gasteiger partial charge is 0.0817 e. The van der Waals surface area contributed by atoms with Crippen molar-refractivity contribution in [2.24, 2.45) is 5.84 Å². The maximum atomic E-state index is 6.21. The number of halogens is 2. The maximum absolute atomic E-state index is 6.21. The monoisotopic (exact) mass is 366 g/mol. The van der Waals surface area contributed by atoms with Crippen molar-refractivity contribution in [3.8, 4) is 0 Å². The summed E-state index contributed by atoms with van der Waals surface area (Å²) >= 11 is 11.3. The Morgan fingerprint density at radius 3 is 2.55 bits per heavy atom. The molecule has 0 aliphatic carbocycles. The minimum atomic E-state index is -0.0875. The summed E-state index contributed by atoms with van der Waals surface area (Å²) in [6.45, 7) is 0. The zero-order valence-electron chi connectivity index (χ0n) is 10.4. The summed E-state index contributed by atoms with van der Waals surface area (Å²) in [5.41, 5.74) is 3.96. The fourth-order valence-electron chi connectivity index (χ4n) is 2.25. The van der Waals surface area contributed by atoms with Crippen LogP contribution in [0.2, 0.25) is 5.02 Å². The molecule has 0 aliphatic heterocycles. The van der Waals surface area contributed by atoms with Gasteiger partial charge in [0.15, 0.2) is 0 Å². The average Bonchev–Trinajstić information content (AvgIpc) is 2.86. The van der Waals surface area contributed by atoms with Gasteiger partial charge in [0.1, 0.15) is 0 Å². The number of hydrazine groups is 1. The molecule has 3 aromatic rings. The van der Waals surface area contributed by atoms with Crippen LogP contribution in [0.5, 0.6) is 0 Å². The van der Waals surface area contributed by atoms with Crippen LogP contribution in [0.1, 0.15) is 16.5 Å². The molecule has 0 bridgehead atoms. The lowest BCUT2D eigenvalue weighted by atomic mass is 10.0. The number of hydrogen-bond donors (Lipinski definition) is 2. The molecule has 2 nitrogen and oxygen atoms in total. The first-order valence-corrected chi connectivity index (χ1v) is 8.12. The predicted molar refractivity (Wildman–Crippen MR) is 90.1 cm³/mol. The first-order chi connectivity index (χ1) is 9.69. The first kappa shape index (κ1) is 14.0. The maximum Gasteiger partial charge on any atom is 0.0817 e. The summed E-state index contributed by atoms with van der Waals surface area (Å²) in [5.74, 6) is 5.72. The fraction of sp³-hybridized carbons (Fsp3) is 0.0667. The Morgan fingerprint density at radius 1 is 1.10 bits per heavy atom. The van der Waals surface area contributed by atoms with Crippen molar-refractivity contribution in [2.45, 2.75) is 6.04 Å². The van der Waals surface area contributed by atoms with Crippen LogP contribution in [0.3, 0.4) is 0 Å². The zero-order chi connectivity index (χ0) is 14.1. The summed E-state index contributed by atoms with van der Waals surface area (Å²) in [6, 6.07) is 14.3. The minimum Gasteiger partial charge on any atom is -0.271 e. The van der Waals surface area contributed by atoms with Crippen LogP contribution in [0.25, 0.3) is 10.8 Å². The van der Waals surface area contributed by atoms with Gasteiger partial charge in [-0.25, -0.2) is 5.43 Å². The number of benzene rings is 2. The fourth-order valence-corrected chi connectivity index (χ4v) is 3.88. The highest BCUT2D eigenvalue weighted by atomic mass is 79.9. The third kappa shape index (κ3) is 2.62. The van der Waals surface area contributed by atoms with Gasteiger partial charge in [0.2, 0.25) is 0 Å². The van der Waals surface area contributed by atoms with E-state index in [0.717, 1.165) is 19.9 Å². The number of rotatable bonds is 3. The molecule has 3 rings (SSSR count). The summed E-state index contributed by atoms with van der Waals surface area (Å²) < 4.78 is 1.08. The Bertz CT molecular complexity index is 756. The summed E-state index contributed by atoms with van der Waals surface area (Å²) in [5, 5.41) is 5.09. The Morgan fingerprint density at radius 2 is 1.85 bits per heavy atom. The molecular weight excluding hydrogens is 356 g/mol. The first-order valence-electron chi connectivity index (χ1n) is 6.07. The Labute approximate surface area is 134 Å². The largest absolute Gasteiger partial charge is 0.271 e. The lowest BCUT2D eigenvalue weighted by Crippen LogP contribution is -2.28. The molecule has 20 heavy (non-hydrogen) atoms. The number of nitrogens with two attached hydrogens (primary N) is 1. The molecule has 0 aliphatic rings. The normalized spacial score (nSPS) is 12.8. The van der Waals surface area contributed by atoms with Crippen LogP contribution in [-0.4, -0.2) is 0 Å². The van der Waals surface area contributed by atoms with Gasteiger partial charge in [0.05, 0.1) is 11.1 Å². The van der Waals surface area contributed by atoms with Gasteiger partial charge in [-0.3, -0.25) is 5.84 Å². The quantitative estimate of drug-likeness (QED) is 0.512. The van der Waals surface area contributed by atoms with Crippen LogP contribution in [0, 0.1) is 0 Å². The molecule has 0 radical (unpaired) electrons. The number of thiophene rings is 1. The van der Waals surface area contributed by atoms with Crippen LogP contribution in [0.4, 0.5) is 0 Å². The minimum absolute atomic E-state index is 0.0875. The number of hydrogen-bond acceptors (Lipinski definition) is 3. The molecule has 0 fully saturated rings. The lowest BCUT2D eigenvalue weighted by Gasteiger charge is -2.16. The average molecular weight is 368 g/mol. The molecule has 102 valence electrons. The second-order valence-corrected chi connectivity index (χ2v) is 6.75. The highest BCUT2D eigenvalue weighted by molar-refractivity contribution is 9.10. The summed E-state index contributed by atoms with van der Waals surface area (Å²) in [6.07, 6.45) is 0. The van der Waals surface area contributed by atoms with Gasteiger partial charge in [0.25, 0.3) is 0 Å². The van der Waals surface area contributed by atoms with Crippen LogP contribution < -0.4 is 11.3 Å². The van der Waals surface area contributed by atoms with Gasteiger partial charge in [-0.2, -0.15) is 0 Å². The van der Waals surface area contributed by atoms with Crippen molar-refractivity contribution in [1.29, 1.82) is 0 Å². The molecule has 0 saturated carbocycles. The van der Waals surface area contributed by atoms with E-state index in [-0.39, 0.29) is 6.04 Å². The van der Waals surface area contributed by atoms with Crippen LogP contribution in [0.15, 0.2) is 52.3 Å². The molecule has 5 heteroatoms. The van der Waals surface area contributed by atoms with Crippen molar-refractivity contribution in [3.05, 3.63) is 67.8 Å². The van der Waals surface area contributed by atoms with E-state index in [4.69, 9.17) is 17.4 Å².